The van der Waals surface area contributed by atoms with Crippen LogP contribution in [0.3, 0.4) is 0 Å². The second-order valence-corrected chi connectivity index (χ2v) is 9.46. The average molecular weight is 510 g/mol. The molecule has 3 heterocycles. The van der Waals surface area contributed by atoms with Crippen LogP contribution in [0.15, 0.2) is 66.5 Å². The summed E-state index contributed by atoms with van der Waals surface area (Å²) >= 11 is 5.92. The molecule has 3 aliphatic rings. The van der Waals surface area contributed by atoms with Crippen molar-refractivity contribution in [2.45, 2.75) is 6.04 Å². The van der Waals surface area contributed by atoms with Crippen molar-refractivity contribution < 1.29 is 14.4 Å². The normalized spacial score (nSPS) is 18.7. The van der Waals surface area contributed by atoms with Gasteiger partial charge in [-0.1, -0.05) is 41.9 Å². The molecule has 0 saturated carbocycles. The first-order chi connectivity index (χ1) is 17.4. The second-order valence-electron chi connectivity index (χ2n) is 9.03. The molecule has 0 radical (unpaired) electrons. The lowest BCUT2D eigenvalue weighted by molar-refractivity contribution is -0.149. The highest BCUT2D eigenvalue weighted by Crippen LogP contribution is 2.26. The van der Waals surface area contributed by atoms with Gasteiger partial charge in [-0.15, -0.1) is 0 Å². The van der Waals surface area contributed by atoms with Crippen LogP contribution in [0.2, 0.25) is 5.02 Å². The number of benzene rings is 2. The van der Waals surface area contributed by atoms with E-state index >= 15 is 0 Å². The maximum absolute atomic E-state index is 13.6. The van der Waals surface area contributed by atoms with Crippen LogP contribution in [0.5, 0.6) is 0 Å². The molecule has 2 aromatic rings. The van der Waals surface area contributed by atoms with E-state index in [-0.39, 0.29) is 11.8 Å². The van der Waals surface area contributed by atoms with Crippen molar-refractivity contribution >= 4 is 35.1 Å². The summed E-state index contributed by atoms with van der Waals surface area (Å²) in [5.74, 6) is -0.202. The quantitative estimate of drug-likeness (QED) is 0.641. The van der Waals surface area contributed by atoms with Gasteiger partial charge < -0.3 is 25.3 Å². The van der Waals surface area contributed by atoms with Gasteiger partial charge in [0.25, 0.3) is 5.91 Å². The summed E-state index contributed by atoms with van der Waals surface area (Å²) in [4.78, 5) is 44.9. The molecule has 1 atom stereocenters. The number of anilines is 1. The van der Waals surface area contributed by atoms with E-state index in [0.29, 0.717) is 61.5 Å². The Labute approximate surface area is 214 Å². The molecule has 2 fully saturated rings. The van der Waals surface area contributed by atoms with Crippen molar-refractivity contribution in [3.8, 4) is 0 Å². The molecule has 3 aliphatic heterocycles. The number of nitrogens with one attached hydrogen (secondary N) is 2. The summed E-state index contributed by atoms with van der Waals surface area (Å²) in [6, 6.07) is 14.6. The van der Waals surface area contributed by atoms with Gasteiger partial charge in [0.1, 0.15) is 18.4 Å². The molecule has 11 heteroatoms. The van der Waals surface area contributed by atoms with Gasteiger partial charge in [0, 0.05) is 50.1 Å². The number of carbonyl (C=O) groups excluding carboxylic acids is 3. The minimum atomic E-state index is -0.843. The summed E-state index contributed by atoms with van der Waals surface area (Å²) in [6.45, 7) is 3.18. The summed E-state index contributed by atoms with van der Waals surface area (Å²) < 4.78 is 0. The first kappa shape index (κ1) is 24.0. The van der Waals surface area contributed by atoms with Gasteiger partial charge in [0.05, 0.1) is 6.67 Å². The highest BCUT2D eigenvalue weighted by Gasteiger charge is 2.41. The number of hydrazine groups is 1. The SMILES string of the molecule is CN1C=C2C(=O)N(N3CCN(C(=O)[C@@H](NC(=O)Nc4ccc(Cl)cc4)c4ccccc4)CC3)CN2C1. The van der Waals surface area contributed by atoms with Crippen LogP contribution in [0.4, 0.5) is 10.5 Å². The topological polar surface area (TPSA) is 91.5 Å². The van der Waals surface area contributed by atoms with Gasteiger partial charge in [0.15, 0.2) is 0 Å². The van der Waals surface area contributed by atoms with Crippen molar-refractivity contribution in [3.63, 3.8) is 0 Å². The molecule has 2 saturated heterocycles. The van der Waals surface area contributed by atoms with E-state index in [1.54, 1.807) is 34.2 Å². The zero-order valence-electron chi connectivity index (χ0n) is 19.9. The van der Waals surface area contributed by atoms with Crippen LogP contribution >= 0.6 is 11.6 Å². The van der Waals surface area contributed by atoms with Crippen molar-refractivity contribution in [1.82, 2.24) is 30.0 Å². The van der Waals surface area contributed by atoms with Gasteiger partial charge in [-0.2, -0.15) is 0 Å². The van der Waals surface area contributed by atoms with Gasteiger partial charge >= 0.3 is 6.03 Å². The van der Waals surface area contributed by atoms with Gasteiger partial charge in [-0.25, -0.2) is 14.8 Å². The smallest absolute Gasteiger partial charge is 0.320 e. The van der Waals surface area contributed by atoms with Crippen LogP contribution in [-0.2, 0) is 9.59 Å². The zero-order valence-corrected chi connectivity index (χ0v) is 20.7. The second kappa shape index (κ2) is 10.1. The molecule has 4 amide bonds. The van der Waals surface area contributed by atoms with Crippen molar-refractivity contribution in [3.05, 3.63) is 77.1 Å². The summed E-state index contributed by atoms with van der Waals surface area (Å²) in [5.41, 5.74) is 1.97. The van der Waals surface area contributed by atoms with E-state index in [9.17, 15) is 14.4 Å². The molecule has 2 aromatic carbocycles. The molecule has 5 rings (SSSR count). The molecule has 0 bridgehead atoms. The Balaban J connectivity index is 1.23. The lowest BCUT2D eigenvalue weighted by atomic mass is 10.1. The first-order valence-corrected chi connectivity index (χ1v) is 12.2. The number of fused-ring (bicyclic) bond motifs is 1. The number of urea groups is 1. The third kappa shape index (κ3) is 4.95. The van der Waals surface area contributed by atoms with E-state index in [0.717, 1.165) is 0 Å². The number of piperazine rings is 1. The maximum Gasteiger partial charge on any atom is 0.320 e. The van der Waals surface area contributed by atoms with Crippen LogP contribution in [-0.4, -0.2) is 89.1 Å². The van der Waals surface area contributed by atoms with Crippen molar-refractivity contribution in [2.24, 2.45) is 0 Å². The summed E-state index contributed by atoms with van der Waals surface area (Å²) in [5, 5.41) is 9.91. The molecule has 0 spiro atoms. The number of hydrogen-bond donors (Lipinski definition) is 2. The Morgan fingerprint density at radius 1 is 0.944 bits per heavy atom. The molecule has 0 aliphatic carbocycles. The number of carbonyl (C=O) groups is 3. The van der Waals surface area contributed by atoms with E-state index in [4.69, 9.17) is 11.6 Å². The van der Waals surface area contributed by atoms with Crippen molar-refractivity contribution in [1.29, 1.82) is 0 Å². The lowest BCUT2D eigenvalue weighted by Gasteiger charge is -2.40. The maximum atomic E-state index is 13.6. The number of rotatable bonds is 5. The highest BCUT2D eigenvalue weighted by atomic mass is 35.5. The van der Waals surface area contributed by atoms with Crippen LogP contribution in [0, 0.1) is 0 Å². The molecule has 2 N–H and O–H groups in total. The third-order valence-electron chi connectivity index (χ3n) is 6.50. The number of amides is 4. The Kier molecular flexibility index (Phi) is 6.71. The van der Waals surface area contributed by atoms with E-state index < -0.39 is 12.1 Å². The zero-order chi connectivity index (χ0) is 25.2. The molecular formula is C25H28ClN7O3. The monoisotopic (exact) mass is 509 g/mol. The Morgan fingerprint density at radius 3 is 2.31 bits per heavy atom. The number of halogens is 1. The first-order valence-electron chi connectivity index (χ1n) is 11.8. The fourth-order valence-corrected chi connectivity index (χ4v) is 4.79. The largest absolute Gasteiger partial charge is 0.361 e. The van der Waals surface area contributed by atoms with Gasteiger partial charge in [0.2, 0.25) is 5.91 Å². The predicted molar refractivity (Wildman–Crippen MR) is 135 cm³/mol. The fourth-order valence-electron chi connectivity index (χ4n) is 4.67. The average Bonchev–Trinajstić information content (AvgIpc) is 3.40. The minimum absolute atomic E-state index is 0.0122. The Bertz CT molecular complexity index is 1170. The molecule has 0 aromatic heterocycles. The standard InChI is InChI=1S/C25H28ClN7O3/c1-29-15-21-23(34)33(17-31(21)16-29)32-13-11-30(12-14-32)24(35)22(18-5-3-2-4-6-18)28-25(36)27-20-9-7-19(26)8-10-20/h2-10,15,22H,11-14,16-17H2,1H3,(H2,27,28,36)/t22-/m0/s1. The molecule has 36 heavy (non-hydrogen) atoms. The lowest BCUT2D eigenvalue weighted by Crippen LogP contribution is -2.57. The Morgan fingerprint density at radius 2 is 1.64 bits per heavy atom. The number of hydrogen-bond acceptors (Lipinski definition) is 6. The van der Waals surface area contributed by atoms with Gasteiger partial charge in [-0.3, -0.25) is 9.59 Å². The van der Waals surface area contributed by atoms with E-state index in [2.05, 4.69) is 10.6 Å². The van der Waals surface area contributed by atoms with Crippen LogP contribution in [0.25, 0.3) is 0 Å². The predicted octanol–water partition coefficient (Wildman–Crippen LogP) is 2.11. The minimum Gasteiger partial charge on any atom is -0.361 e. The molecular weight excluding hydrogens is 482 g/mol. The van der Waals surface area contributed by atoms with E-state index in [1.807, 2.05) is 58.4 Å². The van der Waals surface area contributed by atoms with Crippen molar-refractivity contribution in [2.75, 3.05) is 51.9 Å². The number of nitrogens with zero attached hydrogens (tertiary/aromatic N) is 5. The van der Waals surface area contributed by atoms with Crippen LogP contribution < -0.4 is 10.6 Å². The molecule has 188 valence electrons. The third-order valence-corrected chi connectivity index (χ3v) is 6.75. The van der Waals surface area contributed by atoms with Crippen LogP contribution in [0.1, 0.15) is 11.6 Å². The highest BCUT2D eigenvalue weighted by molar-refractivity contribution is 6.30. The fraction of sp³-hybridized carbons (Fsp3) is 0.320. The summed E-state index contributed by atoms with van der Waals surface area (Å²) in [7, 11) is 1.94. The molecule has 0 unspecified atom stereocenters. The van der Waals surface area contributed by atoms with Gasteiger partial charge in [-0.05, 0) is 29.8 Å². The molecule has 10 nitrogen and oxygen atoms in total. The van der Waals surface area contributed by atoms with E-state index in [1.165, 1.54) is 0 Å². The summed E-state index contributed by atoms with van der Waals surface area (Å²) in [6.07, 6.45) is 1.87. The Hall–Kier alpha value is -3.76.